The molecule has 1 aliphatic heterocycles. The van der Waals surface area contributed by atoms with Crippen LogP contribution < -0.4 is 0 Å². The number of hydrogen-bond donors (Lipinski definition) is 1. The third-order valence-electron chi connectivity index (χ3n) is 11.4. The Bertz CT molecular complexity index is 909. The van der Waals surface area contributed by atoms with Crippen molar-refractivity contribution in [2.75, 3.05) is 6.61 Å². The molecular weight excluding hydrogens is 522 g/mol. The van der Waals surface area contributed by atoms with Gasteiger partial charge in [-0.1, -0.05) is 89.2 Å². The van der Waals surface area contributed by atoms with Crippen LogP contribution in [0.2, 0.25) is 0 Å². The summed E-state index contributed by atoms with van der Waals surface area (Å²) in [6.07, 6.45) is 11.3. The summed E-state index contributed by atoms with van der Waals surface area (Å²) in [7, 11) is 0. The summed E-state index contributed by atoms with van der Waals surface area (Å²) < 4.78 is 6.62. The average molecular weight is 590 g/mol. The van der Waals surface area contributed by atoms with E-state index in [1.54, 1.807) is 0 Å². The standard InChI is InChI=1S/C27H40O4.C5H12.C2H6.CHN.2CH4/c1-15(14-28)5-8-22-16(2)25-23(31-22)12-21-19-7-6-17-11-18(29)9-10-26(17,3)20(19)13-24(30)27(21,25)4;1-4-5(2)3;2*1-2;;/h13,15-17,19,21-23,25,28H,5-12,14H2,1-4H3;5H,4H2,1-3H3;1-2H3;1H;2*1H4/t15-,16-,17?,19?,21?,22?,23?,25?,26+,27-;;;;;/m1...../s1. The van der Waals surface area contributed by atoms with E-state index in [9.17, 15) is 14.7 Å². The fourth-order valence-electron chi connectivity index (χ4n) is 8.63. The zero-order valence-electron chi connectivity index (χ0n) is 27.0. The van der Waals surface area contributed by atoms with E-state index in [1.165, 1.54) is 12.0 Å². The number of Topliss-reactive ketones (excluding diaryl/α,β-unsaturated/α-hetero) is 1. The molecule has 5 heteroatoms. The van der Waals surface area contributed by atoms with Gasteiger partial charge in [-0.25, -0.2) is 5.26 Å². The molecule has 0 spiro atoms. The largest absolute Gasteiger partial charge is 0.396 e. The van der Waals surface area contributed by atoms with Gasteiger partial charge in [0.2, 0.25) is 0 Å². The molecule has 0 bridgehead atoms. The van der Waals surface area contributed by atoms with Crippen LogP contribution in [0.4, 0.5) is 0 Å². The smallest absolute Gasteiger partial charge is 0.162 e. The monoisotopic (exact) mass is 590 g/mol. The quantitative estimate of drug-likeness (QED) is 0.345. The molecule has 5 rings (SSSR count). The second kappa shape index (κ2) is 17.1. The Morgan fingerprint density at radius 2 is 1.71 bits per heavy atom. The molecule has 0 aromatic carbocycles. The van der Waals surface area contributed by atoms with E-state index in [4.69, 9.17) is 10.00 Å². The summed E-state index contributed by atoms with van der Waals surface area (Å²) in [5, 5.41) is 15.9. The zero-order valence-corrected chi connectivity index (χ0v) is 27.0. The molecule has 3 saturated carbocycles. The first-order valence-corrected chi connectivity index (χ1v) is 16.3. The molecule has 6 unspecified atom stereocenters. The minimum absolute atomic E-state index is 0. The second-order valence-corrected chi connectivity index (χ2v) is 13.9. The topological polar surface area (TPSA) is 87.4 Å². The van der Waals surface area contributed by atoms with Gasteiger partial charge in [0, 0.05) is 37.4 Å². The van der Waals surface area contributed by atoms with Crippen molar-refractivity contribution in [3.63, 3.8) is 0 Å². The Kier molecular flexibility index (Phi) is 16.5. The van der Waals surface area contributed by atoms with Gasteiger partial charge in [-0.05, 0) is 85.5 Å². The molecule has 5 nitrogen and oxygen atoms in total. The first-order chi connectivity index (χ1) is 19.0. The Hall–Kier alpha value is -1.51. The van der Waals surface area contributed by atoms with Crippen LogP contribution in [-0.2, 0) is 14.3 Å². The lowest BCUT2D eigenvalue weighted by Crippen LogP contribution is -2.52. The van der Waals surface area contributed by atoms with Gasteiger partial charge in [0.15, 0.2) is 5.78 Å². The first-order valence-electron chi connectivity index (χ1n) is 16.3. The van der Waals surface area contributed by atoms with Crippen molar-refractivity contribution in [1.82, 2.24) is 0 Å². The molecule has 42 heavy (non-hydrogen) atoms. The number of nitriles is 1. The van der Waals surface area contributed by atoms with Crippen LogP contribution in [0, 0.1) is 64.1 Å². The van der Waals surface area contributed by atoms with E-state index in [1.807, 2.05) is 13.8 Å². The van der Waals surface area contributed by atoms with Gasteiger partial charge in [0.1, 0.15) is 5.78 Å². The number of ketones is 2. The number of rotatable bonds is 5. The van der Waals surface area contributed by atoms with Crippen molar-refractivity contribution in [2.24, 2.45) is 52.3 Å². The average Bonchev–Trinajstić information content (AvgIpc) is 3.44. The normalized spacial score (nSPS) is 38.0. The lowest BCUT2D eigenvalue weighted by atomic mass is 9.48. The lowest BCUT2D eigenvalue weighted by Gasteiger charge is -2.55. The number of hydrogen-bond acceptors (Lipinski definition) is 5. The molecule has 4 fully saturated rings. The number of fused-ring (bicyclic) bond motifs is 7. The van der Waals surface area contributed by atoms with Gasteiger partial charge in [-0.3, -0.25) is 9.59 Å². The highest BCUT2D eigenvalue weighted by atomic mass is 16.5. The van der Waals surface area contributed by atoms with Gasteiger partial charge < -0.3 is 9.84 Å². The summed E-state index contributed by atoms with van der Waals surface area (Å²) in [6, 6.07) is 0. The fraction of sp³-hybridized carbons (Fsp3) is 0.865. The highest BCUT2D eigenvalue weighted by molar-refractivity contribution is 5.97. The van der Waals surface area contributed by atoms with Crippen molar-refractivity contribution >= 4 is 11.6 Å². The fourth-order valence-corrected chi connectivity index (χ4v) is 8.63. The van der Waals surface area contributed by atoms with Crippen LogP contribution in [0.5, 0.6) is 0 Å². The third-order valence-corrected chi connectivity index (χ3v) is 11.4. The molecule has 5 aliphatic rings. The van der Waals surface area contributed by atoms with Crippen molar-refractivity contribution in [3.8, 4) is 6.57 Å². The number of aliphatic hydroxyl groups is 1. The maximum atomic E-state index is 13.8. The molecule has 244 valence electrons. The van der Waals surface area contributed by atoms with Gasteiger partial charge in [-0.2, -0.15) is 0 Å². The molecule has 1 N–H and O–H groups in total. The highest BCUT2D eigenvalue weighted by Gasteiger charge is 2.66. The summed E-state index contributed by atoms with van der Waals surface area (Å²) >= 11 is 0. The van der Waals surface area contributed by atoms with Gasteiger partial charge >= 0.3 is 0 Å². The molecule has 0 aromatic rings. The summed E-state index contributed by atoms with van der Waals surface area (Å²) in [4.78, 5) is 25.9. The van der Waals surface area contributed by atoms with Gasteiger partial charge in [0.25, 0.3) is 0 Å². The minimum Gasteiger partial charge on any atom is -0.396 e. The maximum Gasteiger partial charge on any atom is 0.162 e. The molecule has 0 amide bonds. The van der Waals surface area contributed by atoms with Gasteiger partial charge in [-0.15, -0.1) is 0 Å². The Balaban J connectivity index is 0.00000137. The van der Waals surface area contributed by atoms with E-state index in [2.05, 4.69) is 61.1 Å². The van der Waals surface area contributed by atoms with E-state index >= 15 is 0 Å². The van der Waals surface area contributed by atoms with Crippen molar-refractivity contribution < 1.29 is 19.4 Å². The van der Waals surface area contributed by atoms with E-state index < -0.39 is 0 Å². The lowest BCUT2D eigenvalue weighted by molar-refractivity contribution is -0.132. The number of allylic oxidation sites excluding steroid dienone is 2. The number of carbonyl (C=O) groups excluding carboxylic acids is 2. The number of carbonyl (C=O) groups is 2. The van der Waals surface area contributed by atoms with Crippen molar-refractivity contribution in [2.45, 2.75) is 147 Å². The predicted molar refractivity (Wildman–Crippen MR) is 176 cm³/mol. The van der Waals surface area contributed by atoms with Crippen LogP contribution in [-0.4, -0.2) is 35.5 Å². The SMILES string of the molecule is C.C.C#N.CC.CCC(C)C.C[C@@H](CO)CCC1OC2CC3C4CCC5CC(=O)CC[C@]5(C)C4=CC(=O)[C@]3(C)C2[C@@H]1C. The molecular formula is C37H67NO4. The predicted octanol–water partition coefficient (Wildman–Crippen LogP) is 9.23. The van der Waals surface area contributed by atoms with Crippen LogP contribution in [0.25, 0.3) is 0 Å². The maximum absolute atomic E-state index is 13.8. The Labute approximate surface area is 260 Å². The van der Waals surface area contributed by atoms with Crippen LogP contribution in [0.1, 0.15) is 135 Å². The molecule has 0 radical (unpaired) electrons. The summed E-state index contributed by atoms with van der Waals surface area (Å²) in [6.45, 7) is 23.3. The first kappa shape index (κ1) is 40.5. The molecule has 1 heterocycles. The number of nitrogens with zero attached hydrogens (tertiary/aromatic N) is 1. The van der Waals surface area contributed by atoms with E-state index in [0.29, 0.717) is 59.9 Å². The van der Waals surface area contributed by atoms with Gasteiger partial charge in [0.05, 0.1) is 12.2 Å². The Morgan fingerprint density at radius 1 is 1.12 bits per heavy atom. The highest BCUT2D eigenvalue weighted by Crippen LogP contribution is 2.67. The third kappa shape index (κ3) is 7.58. The molecule has 10 atom stereocenters. The summed E-state index contributed by atoms with van der Waals surface area (Å²) in [5.41, 5.74) is 1.09. The van der Waals surface area contributed by atoms with Crippen LogP contribution >= 0.6 is 0 Å². The number of ether oxygens (including phenoxy) is 1. The van der Waals surface area contributed by atoms with Crippen molar-refractivity contribution in [1.29, 1.82) is 5.26 Å². The van der Waals surface area contributed by atoms with E-state index in [-0.39, 0.29) is 44.5 Å². The summed E-state index contributed by atoms with van der Waals surface area (Å²) in [5.74, 6) is 3.89. The molecule has 1 saturated heterocycles. The Morgan fingerprint density at radius 3 is 2.26 bits per heavy atom. The minimum atomic E-state index is -0.316. The number of aliphatic hydroxyl groups excluding tert-OH is 1. The second-order valence-electron chi connectivity index (χ2n) is 13.9. The zero-order chi connectivity index (χ0) is 30.4. The van der Waals surface area contributed by atoms with Crippen LogP contribution in [0.15, 0.2) is 11.6 Å². The van der Waals surface area contributed by atoms with Crippen molar-refractivity contribution in [3.05, 3.63) is 11.6 Å². The molecule has 0 aromatic heterocycles. The molecule has 4 aliphatic carbocycles. The van der Waals surface area contributed by atoms with E-state index in [0.717, 1.165) is 44.4 Å². The van der Waals surface area contributed by atoms with Crippen LogP contribution in [0.3, 0.4) is 0 Å².